The number of hydrogen-bond acceptors (Lipinski definition) is 4. The summed E-state index contributed by atoms with van der Waals surface area (Å²) in [7, 11) is 3.09. The minimum atomic E-state index is -0.935. The lowest BCUT2D eigenvalue weighted by Crippen LogP contribution is -2.11. The topological polar surface area (TPSA) is 56.5 Å². The smallest absolute Gasteiger partial charge is 0.166 e. The van der Waals surface area contributed by atoms with Crippen molar-refractivity contribution in [3.8, 4) is 11.5 Å². The van der Waals surface area contributed by atoms with Crippen LogP contribution in [0.3, 0.4) is 0 Å². The number of benzene rings is 1. The number of aliphatic hydroxyl groups is 1. The number of rotatable bonds is 5. The van der Waals surface area contributed by atoms with E-state index in [0.717, 1.165) is 0 Å². The third-order valence-corrected chi connectivity index (χ3v) is 3.41. The van der Waals surface area contributed by atoms with E-state index in [1.165, 1.54) is 13.3 Å². The van der Waals surface area contributed by atoms with Crippen LogP contribution in [0.15, 0.2) is 24.4 Å². The van der Waals surface area contributed by atoms with Gasteiger partial charge in [-0.15, -0.1) is 0 Å². The molecule has 2 aromatic rings. The predicted octanol–water partition coefficient (Wildman–Crippen LogP) is 2.66. The Morgan fingerprint density at radius 3 is 2.70 bits per heavy atom. The highest BCUT2D eigenvalue weighted by molar-refractivity contribution is 6.31. The molecule has 2 rings (SSSR count). The first kappa shape index (κ1) is 14.7. The molecule has 1 heterocycles. The molecule has 1 aromatic heterocycles. The summed E-state index contributed by atoms with van der Waals surface area (Å²) in [4.78, 5) is 0. The summed E-state index contributed by atoms with van der Waals surface area (Å²) >= 11 is 6.12. The van der Waals surface area contributed by atoms with Gasteiger partial charge >= 0.3 is 0 Å². The van der Waals surface area contributed by atoms with Crippen LogP contribution in [0.5, 0.6) is 11.5 Å². The van der Waals surface area contributed by atoms with Gasteiger partial charge in [-0.25, -0.2) is 0 Å². The van der Waals surface area contributed by atoms with Gasteiger partial charge < -0.3 is 14.6 Å². The van der Waals surface area contributed by atoms with Gasteiger partial charge in [0.1, 0.15) is 6.10 Å². The third-order valence-electron chi connectivity index (χ3n) is 3.12. The number of halogens is 1. The van der Waals surface area contributed by atoms with Crippen molar-refractivity contribution < 1.29 is 14.6 Å². The molecule has 0 radical (unpaired) electrons. The Morgan fingerprint density at radius 2 is 2.10 bits per heavy atom. The number of aromatic nitrogens is 2. The molecule has 1 aromatic carbocycles. The fraction of sp³-hybridized carbons (Fsp3) is 0.357. The zero-order valence-electron chi connectivity index (χ0n) is 11.6. The van der Waals surface area contributed by atoms with E-state index in [9.17, 15) is 5.11 Å². The maximum Gasteiger partial charge on any atom is 0.166 e. The van der Waals surface area contributed by atoms with Gasteiger partial charge in [0.05, 0.1) is 31.1 Å². The highest BCUT2D eigenvalue weighted by Crippen LogP contribution is 2.38. The predicted molar refractivity (Wildman–Crippen MR) is 76.5 cm³/mol. The molecule has 5 nitrogen and oxygen atoms in total. The van der Waals surface area contributed by atoms with Crippen molar-refractivity contribution in [3.63, 3.8) is 0 Å². The standard InChI is InChI=1S/C14H17ClN2O3/c1-4-17-12(10(15)8-16-17)13(18)9-6-5-7-11(19-2)14(9)20-3/h5-8,13,18H,4H2,1-3H3. The molecule has 20 heavy (non-hydrogen) atoms. The SMILES string of the molecule is CCn1ncc(Cl)c1C(O)c1cccc(OC)c1OC. The Morgan fingerprint density at radius 1 is 1.35 bits per heavy atom. The minimum Gasteiger partial charge on any atom is -0.493 e. The first-order valence-corrected chi connectivity index (χ1v) is 6.62. The quantitative estimate of drug-likeness (QED) is 0.921. The second kappa shape index (κ2) is 6.15. The first-order valence-electron chi connectivity index (χ1n) is 6.24. The van der Waals surface area contributed by atoms with Crippen molar-refractivity contribution in [1.82, 2.24) is 9.78 Å². The summed E-state index contributed by atoms with van der Waals surface area (Å²) < 4.78 is 12.2. The summed E-state index contributed by atoms with van der Waals surface area (Å²) in [6.07, 6.45) is 0.589. The van der Waals surface area contributed by atoms with Crippen molar-refractivity contribution in [2.45, 2.75) is 19.6 Å². The molecule has 1 N–H and O–H groups in total. The lowest BCUT2D eigenvalue weighted by atomic mass is 10.0. The first-order chi connectivity index (χ1) is 9.63. The van der Waals surface area contributed by atoms with Gasteiger partial charge in [0.2, 0.25) is 0 Å². The Kier molecular flexibility index (Phi) is 4.52. The summed E-state index contributed by atoms with van der Waals surface area (Å²) in [6, 6.07) is 5.34. The Balaban J connectivity index is 2.53. The number of aliphatic hydroxyl groups excluding tert-OH is 1. The molecule has 6 heteroatoms. The minimum absolute atomic E-state index is 0.421. The van der Waals surface area contributed by atoms with E-state index in [2.05, 4.69) is 5.10 Å². The van der Waals surface area contributed by atoms with Crippen molar-refractivity contribution in [1.29, 1.82) is 0 Å². The van der Waals surface area contributed by atoms with Crippen LogP contribution in [0.4, 0.5) is 0 Å². The number of aryl methyl sites for hydroxylation is 1. The van der Waals surface area contributed by atoms with Gasteiger partial charge in [-0.3, -0.25) is 4.68 Å². The third kappa shape index (κ3) is 2.46. The highest BCUT2D eigenvalue weighted by atomic mass is 35.5. The largest absolute Gasteiger partial charge is 0.493 e. The van der Waals surface area contributed by atoms with Gasteiger partial charge in [0.15, 0.2) is 11.5 Å². The molecule has 0 spiro atoms. The molecule has 0 amide bonds. The average Bonchev–Trinajstić information content (AvgIpc) is 2.86. The second-order valence-corrected chi connectivity index (χ2v) is 4.59. The summed E-state index contributed by atoms with van der Waals surface area (Å²) in [5.74, 6) is 1.05. The molecule has 108 valence electrons. The molecule has 0 aliphatic carbocycles. The summed E-state index contributed by atoms with van der Waals surface area (Å²) in [5, 5.41) is 15.2. The van der Waals surface area contributed by atoms with Crippen LogP contribution < -0.4 is 9.47 Å². The van der Waals surface area contributed by atoms with E-state index < -0.39 is 6.10 Å². The van der Waals surface area contributed by atoms with Crippen LogP contribution in [0, 0.1) is 0 Å². The van der Waals surface area contributed by atoms with E-state index in [4.69, 9.17) is 21.1 Å². The van der Waals surface area contributed by atoms with Gasteiger partial charge in [0, 0.05) is 12.1 Å². The molecule has 0 bridgehead atoms. The number of nitrogens with zero attached hydrogens (tertiary/aromatic N) is 2. The Labute approximate surface area is 122 Å². The van der Waals surface area contributed by atoms with Gasteiger partial charge in [-0.2, -0.15) is 5.10 Å². The Bertz CT molecular complexity index is 598. The molecule has 1 unspecified atom stereocenters. The zero-order chi connectivity index (χ0) is 14.7. The summed E-state index contributed by atoms with van der Waals surface area (Å²) in [6.45, 7) is 2.55. The number of ether oxygens (including phenoxy) is 2. The van der Waals surface area contributed by atoms with Crippen LogP contribution in [0.1, 0.15) is 24.3 Å². The highest BCUT2D eigenvalue weighted by Gasteiger charge is 2.24. The Hall–Kier alpha value is -1.72. The number of para-hydroxylation sites is 1. The van der Waals surface area contributed by atoms with Gasteiger partial charge in [0.25, 0.3) is 0 Å². The number of methoxy groups -OCH3 is 2. The normalized spacial score (nSPS) is 12.2. The lowest BCUT2D eigenvalue weighted by molar-refractivity contribution is 0.201. The van der Waals surface area contributed by atoms with Crippen molar-refractivity contribution >= 4 is 11.6 Å². The molecular formula is C14H17ClN2O3. The summed E-state index contributed by atoms with van der Waals surface area (Å²) in [5.41, 5.74) is 1.13. The lowest BCUT2D eigenvalue weighted by Gasteiger charge is -2.18. The fourth-order valence-electron chi connectivity index (χ4n) is 2.17. The van der Waals surface area contributed by atoms with Crippen molar-refractivity contribution in [2.75, 3.05) is 14.2 Å². The van der Waals surface area contributed by atoms with Crippen molar-refractivity contribution in [2.24, 2.45) is 0 Å². The van der Waals surface area contributed by atoms with Crippen LogP contribution in [-0.2, 0) is 6.54 Å². The van der Waals surface area contributed by atoms with Crippen LogP contribution in [0.25, 0.3) is 0 Å². The maximum atomic E-state index is 10.6. The second-order valence-electron chi connectivity index (χ2n) is 4.18. The monoisotopic (exact) mass is 296 g/mol. The maximum absolute atomic E-state index is 10.6. The molecular weight excluding hydrogens is 280 g/mol. The van der Waals surface area contributed by atoms with Crippen LogP contribution >= 0.6 is 11.6 Å². The fourth-order valence-corrected chi connectivity index (χ4v) is 2.41. The molecule has 0 fully saturated rings. The van der Waals surface area contributed by atoms with Crippen LogP contribution in [-0.4, -0.2) is 29.1 Å². The van der Waals surface area contributed by atoms with E-state index in [-0.39, 0.29) is 0 Å². The molecule has 0 saturated heterocycles. The molecule has 1 atom stereocenters. The van der Waals surface area contributed by atoms with Crippen LogP contribution in [0.2, 0.25) is 5.02 Å². The molecule has 0 aliphatic rings. The van der Waals surface area contributed by atoms with E-state index in [1.807, 2.05) is 6.92 Å². The van der Waals surface area contributed by atoms with E-state index in [1.54, 1.807) is 30.0 Å². The average molecular weight is 297 g/mol. The van der Waals surface area contributed by atoms with E-state index in [0.29, 0.717) is 34.3 Å². The van der Waals surface area contributed by atoms with Gasteiger partial charge in [-0.1, -0.05) is 23.7 Å². The molecule has 0 aliphatic heterocycles. The zero-order valence-corrected chi connectivity index (χ0v) is 12.4. The number of hydrogen-bond donors (Lipinski definition) is 1. The van der Waals surface area contributed by atoms with E-state index >= 15 is 0 Å². The van der Waals surface area contributed by atoms with Crippen molar-refractivity contribution in [3.05, 3.63) is 40.7 Å². The van der Waals surface area contributed by atoms with Gasteiger partial charge in [-0.05, 0) is 13.0 Å². The molecule has 0 saturated carbocycles.